The molecule has 2 aliphatic heterocycles. The monoisotopic (exact) mass is 246 g/mol. The quantitative estimate of drug-likeness (QED) is 0.736. The van der Waals surface area contributed by atoms with E-state index in [4.69, 9.17) is 0 Å². The van der Waals surface area contributed by atoms with Gasteiger partial charge < -0.3 is 10.6 Å². The number of hydrogen-bond acceptors (Lipinski definition) is 4. The summed E-state index contributed by atoms with van der Waals surface area (Å²) in [6.07, 6.45) is 0.754. The van der Waals surface area contributed by atoms with Crippen LogP contribution in [0.15, 0.2) is 0 Å². The van der Waals surface area contributed by atoms with Crippen LogP contribution >= 0.6 is 0 Å². The van der Waals surface area contributed by atoms with Crippen LogP contribution < -0.4 is 10.6 Å². The molecule has 2 N–H and O–H groups in total. The molecule has 3 unspecified atom stereocenters. The second-order valence-electron chi connectivity index (χ2n) is 5.68. The van der Waals surface area contributed by atoms with E-state index in [-0.39, 0.29) is 5.54 Å². The fourth-order valence-corrected chi connectivity index (χ4v) is 4.79. The van der Waals surface area contributed by atoms with Crippen molar-refractivity contribution in [2.45, 2.75) is 25.8 Å². The van der Waals surface area contributed by atoms with Crippen LogP contribution in [-0.2, 0) is 9.84 Å². The smallest absolute Gasteiger partial charge is 0.152 e. The van der Waals surface area contributed by atoms with Gasteiger partial charge in [-0.05, 0) is 38.3 Å². The standard InChI is InChI=1S/C11H22N2O2S/c1-9-5-12-6-10(9)7-13-11(2)3-4-16(14,15)8-11/h9-10,12-13H,3-8H2,1-2H3. The van der Waals surface area contributed by atoms with Crippen LogP contribution in [-0.4, -0.2) is 45.1 Å². The molecule has 2 rings (SSSR count). The van der Waals surface area contributed by atoms with Crippen molar-refractivity contribution in [2.75, 3.05) is 31.1 Å². The molecular formula is C11H22N2O2S. The maximum Gasteiger partial charge on any atom is 0.152 e. The molecule has 2 heterocycles. The first kappa shape index (κ1) is 12.3. The Morgan fingerprint density at radius 2 is 2.19 bits per heavy atom. The molecule has 0 spiro atoms. The van der Waals surface area contributed by atoms with E-state index >= 15 is 0 Å². The Labute approximate surface area is 98.1 Å². The number of hydrogen-bond donors (Lipinski definition) is 2. The highest BCUT2D eigenvalue weighted by Gasteiger charge is 2.38. The van der Waals surface area contributed by atoms with Gasteiger partial charge in [-0.2, -0.15) is 0 Å². The molecule has 0 aromatic heterocycles. The van der Waals surface area contributed by atoms with Crippen LogP contribution in [0, 0.1) is 11.8 Å². The molecule has 4 nitrogen and oxygen atoms in total. The Morgan fingerprint density at radius 3 is 2.69 bits per heavy atom. The molecule has 0 amide bonds. The fraction of sp³-hybridized carbons (Fsp3) is 1.00. The molecule has 0 saturated carbocycles. The second-order valence-corrected chi connectivity index (χ2v) is 7.86. The molecule has 3 atom stereocenters. The summed E-state index contributed by atoms with van der Waals surface area (Å²) in [5, 5.41) is 6.83. The lowest BCUT2D eigenvalue weighted by Gasteiger charge is -2.27. The zero-order valence-electron chi connectivity index (χ0n) is 10.1. The highest BCUT2D eigenvalue weighted by molar-refractivity contribution is 7.91. The molecule has 0 aliphatic carbocycles. The second kappa shape index (κ2) is 4.27. The van der Waals surface area contributed by atoms with E-state index in [2.05, 4.69) is 17.6 Å². The van der Waals surface area contributed by atoms with Gasteiger partial charge in [-0.3, -0.25) is 0 Å². The van der Waals surface area contributed by atoms with E-state index in [9.17, 15) is 8.42 Å². The van der Waals surface area contributed by atoms with Gasteiger partial charge >= 0.3 is 0 Å². The third-order valence-corrected chi connectivity index (χ3v) is 5.88. The normalized spacial score (nSPS) is 42.6. The van der Waals surface area contributed by atoms with E-state index in [1.807, 2.05) is 6.92 Å². The summed E-state index contributed by atoms with van der Waals surface area (Å²) >= 11 is 0. The minimum absolute atomic E-state index is 0.193. The predicted octanol–water partition coefficient (Wildman–Crippen LogP) is 0.00870. The van der Waals surface area contributed by atoms with Crippen molar-refractivity contribution >= 4 is 9.84 Å². The predicted molar refractivity (Wildman–Crippen MR) is 65.2 cm³/mol. The van der Waals surface area contributed by atoms with Gasteiger partial charge in [-0.15, -0.1) is 0 Å². The van der Waals surface area contributed by atoms with Crippen molar-refractivity contribution in [2.24, 2.45) is 11.8 Å². The van der Waals surface area contributed by atoms with Crippen molar-refractivity contribution in [3.05, 3.63) is 0 Å². The van der Waals surface area contributed by atoms with Crippen molar-refractivity contribution in [1.29, 1.82) is 0 Å². The molecule has 0 aromatic rings. The maximum absolute atomic E-state index is 11.5. The van der Waals surface area contributed by atoms with Crippen molar-refractivity contribution < 1.29 is 8.42 Å². The first-order valence-electron chi connectivity index (χ1n) is 6.06. The van der Waals surface area contributed by atoms with Gasteiger partial charge in [0.25, 0.3) is 0 Å². The molecule has 0 bridgehead atoms. The van der Waals surface area contributed by atoms with Gasteiger partial charge in [0.1, 0.15) is 0 Å². The molecule has 94 valence electrons. The first-order chi connectivity index (χ1) is 7.40. The van der Waals surface area contributed by atoms with Gasteiger partial charge in [0.2, 0.25) is 0 Å². The van der Waals surface area contributed by atoms with Crippen LogP contribution in [0.3, 0.4) is 0 Å². The molecule has 0 radical (unpaired) electrons. The van der Waals surface area contributed by atoms with Crippen LogP contribution in [0.4, 0.5) is 0 Å². The Bertz CT molecular complexity index is 355. The molecular weight excluding hydrogens is 224 g/mol. The van der Waals surface area contributed by atoms with Crippen LogP contribution in [0.25, 0.3) is 0 Å². The lowest BCUT2D eigenvalue weighted by Crippen LogP contribution is -2.46. The van der Waals surface area contributed by atoms with Crippen molar-refractivity contribution in [3.63, 3.8) is 0 Å². The van der Waals surface area contributed by atoms with Crippen LogP contribution in [0.2, 0.25) is 0 Å². The Hall–Kier alpha value is -0.130. The van der Waals surface area contributed by atoms with E-state index in [0.29, 0.717) is 23.3 Å². The average molecular weight is 246 g/mol. The van der Waals surface area contributed by atoms with E-state index in [1.54, 1.807) is 0 Å². The largest absolute Gasteiger partial charge is 0.316 e. The van der Waals surface area contributed by atoms with Gasteiger partial charge in [0.05, 0.1) is 11.5 Å². The summed E-state index contributed by atoms with van der Waals surface area (Å²) in [5.41, 5.74) is -0.193. The van der Waals surface area contributed by atoms with Gasteiger partial charge in [0, 0.05) is 12.1 Å². The molecule has 2 saturated heterocycles. The zero-order chi connectivity index (χ0) is 11.8. The third-order valence-electron chi connectivity index (χ3n) is 3.97. The minimum atomic E-state index is -2.79. The van der Waals surface area contributed by atoms with E-state index < -0.39 is 9.84 Å². The molecule has 2 fully saturated rings. The van der Waals surface area contributed by atoms with Crippen molar-refractivity contribution in [1.82, 2.24) is 10.6 Å². The summed E-state index contributed by atoms with van der Waals surface area (Å²) < 4.78 is 22.9. The number of rotatable bonds is 3. The number of sulfone groups is 1. The van der Waals surface area contributed by atoms with Gasteiger partial charge in [-0.25, -0.2) is 8.42 Å². The highest BCUT2D eigenvalue weighted by Crippen LogP contribution is 2.24. The van der Waals surface area contributed by atoms with Gasteiger partial charge in [0.15, 0.2) is 9.84 Å². The summed E-state index contributed by atoms with van der Waals surface area (Å²) in [6, 6.07) is 0. The SMILES string of the molecule is CC1CNCC1CNC1(C)CCS(=O)(=O)C1. The molecule has 16 heavy (non-hydrogen) atoms. The summed E-state index contributed by atoms with van der Waals surface area (Å²) in [7, 11) is -2.79. The Morgan fingerprint density at radius 1 is 1.44 bits per heavy atom. The van der Waals surface area contributed by atoms with E-state index in [1.165, 1.54) is 0 Å². The molecule has 5 heteroatoms. The fourth-order valence-electron chi connectivity index (χ4n) is 2.66. The lowest BCUT2D eigenvalue weighted by atomic mass is 9.95. The van der Waals surface area contributed by atoms with Crippen LogP contribution in [0.5, 0.6) is 0 Å². The summed E-state index contributed by atoms with van der Waals surface area (Å²) in [6.45, 7) is 7.35. The van der Waals surface area contributed by atoms with Crippen LogP contribution in [0.1, 0.15) is 20.3 Å². The average Bonchev–Trinajstić information content (AvgIpc) is 2.69. The summed E-state index contributed by atoms with van der Waals surface area (Å²) in [4.78, 5) is 0. The topological polar surface area (TPSA) is 58.2 Å². The third kappa shape index (κ3) is 2.76. The first-order valence-corrected chi connectivity index (χ1v) is 7.89. The molecule has 2 aliphatic rings. The number of nitrogens with one attached hydrogen (secondary N) is 2. The Kier molecular flexibility index (Phi) is 3.29. The maximum atomic E-state index is 11.5. The van der Waals surface area contributed by atoms with Gasteiger partial charge in [-0.1, -0.05) is 6.92 Å². The highest BCUT2D eigenvalue weighted by atomic mass is 32.2. The Balaban J connectivity index is 1.86. The lowest BCUT2D eigenvalue weighted by molar-refractivity contribution is 0.333. The van der Waals surface area contributed by atoms with Crippen molar-refractivity contribution in [3.8, 4) is 0 Å². The van der Waals surface area contributed by atoms with E-state index in [0.717, 1.165) is 26.1 Å². The minimum Gasteiger partial charge on any atom is -0.316 e. The summed E-state index contributed by atoms with van der Waals surface area (Å²) in [5.74, 6) is 1.97. The molecule has 0 aromatic carbocycles. The zero-order valence-corrected chi connectivity index (χ0v) is 10.9.